The van der Waals surface area contributed by atoms with E-state index >= 15 is 0 Å². The van der Waals surface area contributed by atoms with E-state index in [-0.39, 0.29) is 29.4 Å². The second-order valence-electron chi connectivity index (χ2n) is 5.71. The van der Waals surface area contributed by atoms with Crippen LogP contribution in [0.4, 0.5) is 11.4 Å². The predicted octanol–water partition coefficient (Wildman–Crippen LogP) is 1.86. The molecule has 2 heterocycles. The fourth-order valence-corrected chi connectivity index (χ4v) is 4.11. The zero-order chi connectivity index (χ0) is 18.6. The maximum Gasteiger partial charge on any atom is 0.293 e. The predicted molar refractivity (Wildman–Crippen MR) is 93.6 cm³/mol. The summed E-state index contributed by atoms with van der Waals surface area (Å²) in [7, 11) is -3.78. The largest absolute Gasteiger partial charge is 0.469 e. The molecule has 0 radical (unpaired) electrons. The Bertz CT molecular complexity index is 860. The van der Waals surface area contributed by atoms with Gasteiger partial charge in [0.25, 0.3) is 5.69 Å². The molecule has 1 fully saturated rings. The maximum absolute atomic E-state index is 12.7. The Kier molecular flexibility index (Phi) is 5.55. The van der Waals surface area contributed by atoms with Crippen LogP contribution in [0.25, 0.3) is 0 Å². The SMILES string of the molecule is O=[N+]([O-])c1cc(S(=O)(=O)N2CCOCC2)ccc1NCCc1ccco1. The van der Waals surface area contributed by atoms with Crippen molar-refractivity contribution in [2.75, 3.05) is 38.2 Å². The Balaban J connectivity index is 1.78. The fourth-order valence-electron chi connectivity index (χ4n) is 2.68. The van der Waals surface area contributed by atoms with Gasteiger partial charge in [0.15, 0.2) is 0 Å². The molecule has 0 unspecified atom stereocenters. The van der Waals surface area contributed by atoms with E-state index in [0.717, 1.165) is 11.8 Å². The summed E-state index contributed by atoms with van der Waals surface area (Å²) in [5, 5.41) is 14.3. The van der Waals surface area contributed by atoms with Crippen molar-refractivity contribution in [1.82, 2.24) is 4.31 Å². The van der Waals surface area contributed by atoms with Gasteiger partial charge in [0.1, 0.15) is 11.4 Å². The molecule has 1 aliphatic rings. The number of nitro groups is 1. The zero-order valence-electron chi connectivity index (χ0n) is 14.0. The van der Waals surface area contributed by atoms with Crippen molar-refractivity contribution >= 4 is 21.4 Å². The molecule has 0 amide bonds. The highest BCUT2D eigenvalue weighted by Crippen LogP contribution is 2.29. The number of nitro benzene ring substituents is 1. The van der Waals surface area contributed by atoms with E-state index in [1.165, 1.54) is 16.4 Å². The first kappa shape index (κ1) is 18.4. The van der Waals surface area contributed by atoms with Gasteiger partial charge < -0.3 is 14.5 Å². The molecular weight excluding hydrogens is 362 g/mol. The first-order chi connectivity index (χ1) is 12.5. The lowest BCUT2D eigenvalue weighted by Crippen LogP contribution is -2.40. The fraction of sp³-hybridized carbons (Fsp3) is 0.375. The molecule has 1 saturated heterocycles. The van der Waals surface area contributed by atoms with Crippen molar-refractivity contribution in [3.8, 4) is 0 Å². The highest BCUT2D eigenvalue weighted by atomic mass is 32.2. The summed E-state index contributed by atoms with van der Waals surface area (Å²) in [4.78, 5) is 10.7. The number of nitrogens with zero attached hydrogens (tertiary/aromatic N) is 2. The monoisotopic (exact) mass is 381 g/mol. The Morgan fingerprint density at radius 3 is 2.65 bits per heavy atom. The molecule has 0 saturated carbocycles. The van der Waals surface area contributed by atoms with Crippen LogP contribution in [0.5, 0.6) is 0 Å². The third-order valence-corrected chi connectivity index (χ3v) is 5.94. The maximum atomic E-state index is 12.7. The number of sulfonamides is 1. The van der Waals surface area contributed by atoms with Crippen LogP contribution in [0.15, 0.2) is 45.9 Å². The lowest BCUT2D eigenvalue weighted by molar-refractivity contribution is -0.384. The molecule has 0 spiro atoms. The lowest BCUT2D eigenvalue weighted by Gasteiger charge is -2.26. The Labute approximate surface area is 150 Å². The number of anilines is 1. The molecule has 3 rings (SSSR count). The van der Waals surface area contributed by atoms with Crippen molar-refractivity contribution in [2.45, 2.75) is 11.3 Å². The van der Waals surface area contributed by atoms with Crippen LogP contribution >= 0.6 is 0 Å². The van der Waals surface area contributed by atoms with Crippen LogP contribution in [-0.2, 0) is 21.2 Å². The third kappa shape index (κ3) is 4.03. The number of rotatable bonds is 7. The van der Waals surface area contributed by atoms with Crippen LogP contribution in [0, 0.1) is 10.1 Å². The summed E-state index contributed by atoms with van der Waals surface area (Å²) < 4.78 is 37.0. The third-order valence-electron chi connectivity index (χ3n) is 4.04. The lowest BCUT2D eigenvalue weighted by atomic mass is 10.2. The summed E-state index contributed by atoms with van der Waals surface area (Å²) in [5.41, 5.74) is -0.0127. The van der Waals surface area contributed by atoms with Gasteiger partial charge in [0.2, 0.25) is 10.0 Å². The second-order valence-corrected chi connectivity index (χ2v) is 7.65. The molecule has 1 aromatic carbocycles. The molecule has 2 aromatic rings. The number of nitrogens with one attached hydrogen (secondary N) is 1. The summed E-state index contributed by atoms with van der Waals surface area (Å²) >= 11 is 0. The van der Waals surface area contributed by atoms with E-state index in [2.05, 4.69) is 5.32 Å². The molecule has 0 aliphatic carbocycles. The van der Waals surface area contributed by atoms with Crippen molar-refractivity contribution in [3.05, 3.63) is 52.5 Å². The quantitative estimate of drug-likeness (QED) is 0.575. The van der Waals surface area contributed by atoms with Crippen LogP contribution in [-0.4, -0.2) is 50.5 Å². The molecule has 9 nitrogen and oxygen atoms in total. The van der Waals surface area contributed by atoms with E-state index in [1.807, 2.05) is 6.07 Å². The number of morpholine rings is 1. The van der Waals surface area contributed by atoms with E-state index in [0.29, 0.717) is 26.2 Å². The van der Waals surface area contributed by atoms with Gasteiger partial charge in [-0.25, -0.2) is 8.42 Å². The molecular formula is C16H19N3O6S. The van der Waals surface area contributed by atoms with Gasteiger partial charge in [0.05, 0.1) is 29.3 Å². The first-order valence-corrected chi connectivity index (χ1v) is 9.55. The summed E-state index contributed by atoms with van der Waals surface area (Å²) in [6, 6.07) is 7.48. The summed E-state index contributed by atoms with van der Waals surface area (Å²) in [6.45, 7) is 1.52. The number of hydrogen-bond acceptors (Lipinski definition) is 7. The molecule has 140 valence electrons. The Hall–Kier alpha value is -2.43. The van der Waals surface area contributed by atoms with Crippen molar-refractivity contribution in [2.24, 2.45) is 0 Å². The minimum atomic E-state index is -3.78. The van der Waals surface area contributed by atoms with Gasteiger partial charge in [-0.2, -0.15) is 4.31 Å². The molecule has 26 heavy (non-hydrogen) atoms. The van der Waals surface area contributed by atoms with E-state index < -0.39 is 14.9 Å². The number of hydrogen-bond donors (Lipinski definition) is 1. The average molecular weight is 381 g/mol. The number of benzene rings is 1. The van der Waals surface area contributed by atoms with Gasteiger partial charge >= 0.3 is 0 Å². The van der Waals surface area contributed by atoms with E-state index in [9.17, 15) is 18.5 Å². The standard InChI is InChI=1S/C16H19N3O6S/c20-19(21)16-12-14(26(22,23)18-7-10-24-11-8-18)3-4-15(16)17-6-5-13-2-1-9-25-13/h1-4,9,12,17H,5-8,10-11H2. The minimum absolute atomic E-state index is 0.0947. The number of ether oxygens (including phenoxy) is 1. The molecule has 0 atom stereocenters. The Morgan fingerprint density at radius 1 is 1.23 bits per heavy atom. The van der Waals surface area contributed by atoms with Crippen molar-refractivity contribution in [1.29, 1.82) is 0 Å². The van der Waals surface area contributed by atoms with Crippen LogP contribution in [0.1, 0.15) is 5.76 Å². The van der Waals surface area contributed by atoms with Gasteiger partial charge in [-0.3, -0.25) is 10.1 Å². The molecule has 0 bridgehead atoms. The van der Waals surface area contributed by atoms with E-state index in [4.69, 9.17) is 9.15 Å². The molecule has 1 aliphatic heterocycles. The second kappa shape index (κ2) is 7.85. The normalized spacial score (nSPS) is 15.7. The summed E-state index contributed by atoms with van der Waals surface area (Å²) in [5.74, 6) is 0.756. The van der Waals surface area contributed by atoms with Gasteiger partial charge in [-0.1, -0.05) is 0 Å². The molecule has 1 aromatic heterocycles. The average Bonchev–Trinajstić information content (AvgIpc) is 3.16. The first-order valence-electron chi connectivity index (χ1n) is 8.11. The van der Waals surface area contributed by atoms with Gasteiger partial charge in [0, 0.05) is 32.1 Å². The number of furan rings is 1. The summed E-state index contributed by atoms with van der Waals surface area (Å²) in [6.07, 6.45) is 2.11. The Morgan fingerprint density at radius 2 is 2.00 bits per heavy atom. The van der Waals surface area contributed by atoms with E-state index in [1.54, 1.807) is 12.3 Å². The smallest absolute Gasteiger partial charge is 0.293 e. The minimum Gasteiger partial charge on any atom is -0.469 e. The highest BCUT2D eigenvalue weighted by molar-refractivity contribution is 7.89. The molecule has 10 heteroatoms. The van der Waals surface area contributed by atoms with Gasteiger partial charge in [-0.05, 0) is 24.3 Å². The van der Waals surface area contributed by atoms with Gasteiger partial charge in [-0.15, -0.1) is 0 Å². The zero-order valence-corrected chi connectivity index (χ0v) is 14.8. The van der Waals surface area contributed by atoms with Crippen LogP contribution in [0.2, 0.25) is 0 Å². The van der Waals surface area contributed by atoms with Crippen molar-refractivity contribution < 1.29 is 22.5 Å². The topological polar surface area (TPSA) is 115 Å². The molecule has 1 N–H and O–H groups in total. The highest BCUT2D eigenvalue weighted by Gasteiger charge is 2.28. The van der Waals surface area contributed by atoms with Crippen LogP contribution in [0.3, 0.4) is 0 Å². The van der Waals surface area contributed by atoms with Crippen LogP contribution < -0.4 is 5.32 Å². The van der Waals surface area contributed by atoms with Crippen molar-refractivity contribution in [3.63, 3.8) is 0 Å².